The second kappa shape index (κ2) is 5.40. The zero-order valence-electron chi connectivity index (χ0n) is 11.1. The van der Waals surface area contributed by atoms with Gasteiger partial charge in [-0.1, -0.05) is 0 Å². The van der Waals surface area contributed by atoms with Gasteiger partial charge in [-0.15, -0.1) is 0 Å². The molecule has 0 saturated heterocycles. The van der Waals surface area contributed by atoms with Crippen molar-refractivity contribution >= 4 is 21.6 Å². The number of esters is 1. The van der Waals surface area contributed by atoms with Gasteiger partial charge in [0, 0.05) is 0 Å². The molecule has 0 atom stereocenters. The van der Waals surface area contributed by atoms with Crippen LogP contribution in [0, 0.1) is 5.41 Å². The molecule has 1 aliphatic rings. The van der Waals surface area contributed by atoms with Gasteiger partial charge in [-0.3, -0.25) is 9.59 Å². The predicted octanol–water partition coefficient (Wildman–Crippen LogP) is 1.22. The summed E-state index contributed by atoms with van der Waals surface area (Å²) >= 11 is 0. The average molecular weight is 300 g/mol. The number of rotatable bonds is 7. The summed E-state index contributed by atoms with van der Waals surface area (Å²) in [6.07, 6.45) is 2.73. The number of furan rings is 1. The molecular formula is C13H16O6S. The van der Waals surface area contributed by atoms with Crippen molar-refractivity contribution in [3.05, 3.63) is 24.2 Å². The van der Waals surface area contributed by atoms with Crippen LogP contribution in [0.4, 0.5) is 0 Å². The fourth-order valence-electron chi connectivity index (χ4n) is 2.15. The maximum absolute atomic E-state index is 12.0. The summed E-state index contributed by atoms with van der Waals surface area (Å²) in [4.78, 5) is 23.0. The lowest BCUT2D eigenvalue weighted by molar-refractivity contribution is -0.141. The summed E-state index contributed by atoms with van der Waals surface area (Å²) in [5.74, 6) is -1.71. The number of sulfone groups is 1. The molecule has 0 amide bonds. The van der Waals surface area contributed by atoms with Crippen LogP contribution in [0.25, 0.3) is 0 Å². The van der Waals surface area contributed by atoms with Crippen LogP contribution >= 0.6 is 0 Å². The van der Waals surface area contributed by atoms with Crippen molar-refractivity contribution in [3.8, 4) is 0 Å². The predicted molar refractivity (Wildman–Crippen MR) is 70.0 cm³/mol. The van der Waals surface area contributed by atoms with Crippen LogP contribution < -0.4 is 0 Å². The Balaban J connectivity index is 1.98. The van der Waals surface area contributed by atoms with Crippen molar-refractivity contribution in [1.29, 1.82) is 0 Å². The average Bonchev–Trinajstić information content (AvgIpc) is 2.91. The van der Waals surface area contributed by atoms with Gasteiger partial charge < -0.3 is 9.15 Å². The Hall–Kier alpha value is -1.63. The molecule has 20 heavy (non-hydrogen) atoms. The molecule has 1 aromatic rings. The number of hydrogen-bond donors (Lipinski definition) is 0. The second-order valence-corrected chi connectivity index (χ2v) is 7.25. The third kappa shape index (κ3) is 3.69. The van der Waals surface area contributed by atoms with Crippen LogP contribution in [0.1, 0.15) is 29.8 Å². The monoisotopic (exact) mass is 300 g/mol. The number of Topliss-reactive ketones (excluding diaryl/α,β-unsaturated/α-hetero) is 1. The van der Waals surface area contributed by atoms with Gasteiger partial charge in [-0.05, 0) is 30.4 Å². The first kappa shape index (κ1) is 14.8. The molecule has 110 valence electrons. The maximum atomic E-state index is 12.0. The first-order valence-electron chi connectivity index (χ1n) is 6.20. The Bertz CT molecular complexity index is 595. The number of carbonyl (C=O) groups excluding carboxylic acids is 2. The quantitative estimate of drug-likeness (QED) is 0.555. The molecule has 2 rings (SSSR count). The molecule has 0 bridgehead atoms. The van der Waals surface area contributed by atoms with Crippen LogP contribution in [0.5, 0.6) is 0 Å². The van der Waals surface area contributed by atoms with E-state index in [-0.39, 0.29) is 17.9 Å². The Morgan fingerprint density at radius 1 is 1.40 bits per heavy atom. The number of ketones is 1. The van der Waals surface area contributed by atoms with Gasteiger partial charge in [-0.2, -0.15) is 0 Å². The number of methoxy groups -OCH3 is 1. The Morgan fingerprint density at radius 3 is 2.60 bits per heavy atom. The normalized spacial score (nSPS) is 16.6. The highest BCUT2D eigenvalue weighted by molar-refractivity contribution is 7.92. The summed E-state index contributed by atoms with van der Waals surface area (Å²) in [5, 5.41) is 0. The van der Waals surface area contributed by atoms with E-state index in [1.54, 1.807) is 0 Å². The molecule has 1 heterocycles. The highest BCUT2D eigenvalue weighted by Gasteiger charge is 2.48. The summed E-state index contributed by atoms with van der Waals surface area (Å²) in [6.45, 7) is 0. The standard InChI is InChI=1S/C13H16O6S/c1-18-12(15)7-13(4-5-13)9-20(16,17)8-10(14)11-3-2-6-19-11/h2-3,6H,4-5,7-9H2,1H3. The summed E-state index contributed by atoms with van der Waals surface area (Å²) in [5.41, 5.74) is -0.546. The van der Waals surface area contributed by atoms with Crippen LogP contribution in [0.2, 0.25) is 0 Å². The molecule has 1 aliphatic carbocycles. The molecule has 1 aromatic heterocycles. The Labute approximate surface area is 117 Å². The lowest BCUT2D eigenvalue weighted by Crippen LogP contribution is -2.26. The van der Waals surface area contributed by atoms with Gasteiger partial charge in [0.05, 0.1) is 25.5 Å². The van der Waals surface area contributed by atoms with Crippen molar-refractivity contribution < 1.29 is 27.2 Å². The smallest absolute Gasteiger partial charge is 0.306 e. The third-order valence-electron chi connectivity index (χ3n) is 3.38. The zero-order valence-corrected chi connectivity index (χ0v) is 11.9. The minimum Gasteiger partial charge on any atom is -0.469 e. The van der Waals surface area contributed by atoms with Gasteiger partial charge in [0.2, 0.25) is 5.78 Å². The topological polar surface area (TPSA) is 90.7 Å². The molecule has 0 spiro atoms. The van der Waals surface area contributed by atoms with Gasteiger partial charge in [-0.25, -0.2) is 8.42 Å². The maximum Gasteiger partial charge on any atom is 0.306 e. The highest BCUT2D eigenvalue weighted by Crippen LogP contribution is 2.50. The first-order valence-corrected chi connectivity index (χ1v) is 8.02. The molecule has 0 N–H and O–H groups in total. The first-order chi connectivity index (χ1) is 9.36. The lowest BCUT2D eigenvalue weighted by atomic mass is 10.1. The van der Waals surface area contributed by atoms with Crippen molar-refractivity contribution in [3.63, 3.8) is 0 Å². The largest absolute Gasteiger partial charge is 0.469 e. The SMILES string of the molecule is COC(=O)CC1(CS(=O)(=O)CC(=O)c2ccco2)CC1. The van der Waals surface area contributed by atoms with E-state index < -0.39 is 32.8 Å². The van der Waals surface area contributed by atoms with E-state index in [2.05, 4.69) is 4.74 Å². The molecule has 1 saturated carbocycles. The Kier molecular flexibility index (Phi) is 3.99. The van der Waals surface area contributed by atoms with Crippen LogP contribution in [0.3, 0.4) is 0 Å². The van der Waals surface area contributed by atoms with Crippen molar-refractivity contribution in [2.45, 2.75) is 19.3 Å². The third-order valence-corrected chi connectivity index (χ3v) is 5.13. The molecule has 6 nitrogen and oxygen atoms in total. The fraction of sp³-hybridized carbons (Fsp3) is 0.538. The number of ether oxygens (including phenoxy) is 1. The Morgan fingerprint density at radius 2 is 2.10 bits per heavy atom. The van der Waals surface area contributed by atoms with Gasteiger partial charge in [0.15, 0.2) is 15.6 Å². The zero-order chi connectivity index (χ0) is 14.8. The van der Waals surface area contributed by atoms with E-state index in [1.165, 1.54) is 25.5 Å². The second-order valence-electron chi connectivity index (χ2n) is 5.19. The lowest BCUT2D eigenvalue weighted by Gasteiger charge is -2.13. The molecule has 0 radical (unpaired) electrons. The van der Waals surface area contributed by atoms with E-state index in [4.69, 9.17) is 4.42 Å². The van der Waals surface area contributed by atoms with E-state index in [0.29, 0.717) is 12.8 Å². The number of hydrogen-bond acceptors (Lipinski definition) is 6. The van der Waals surface area contributed by atoms with Gasteiger partial charge in [0.25, 0.3) is 0 Å². The molecular weight excluding hydrogens is 284 g/mol. The molecule has 0 unspecified atom stereocenters. The van der Waals surface area contributed by atoms with Crippen molar-refractivity contribution in [2.75, 3.05) is 18.6 Å². The van der Waals surface area contributed by atoms with E-state index in [9.17, 15) is 18.0 Å². The summed E-state index contributed by atoms with van der Waals surface area (Å²) in [7, 11) is -2.30. The van der Waals surface area contributed by atoms with E-state index >= 15 is 0 Å². The van der Waals surface area contributed by atoms with Gasteiger partial charge in [0.1, 0.15) is 5.75 Å². The molecule has 0 aromatic carbocycles. The number of carbonyl (C=O) groups is 2. The summed E-state index contributed by atoms with van der Waals surface area (Å²) < 4.78 is 33.5. The molecule has 1 fully saturated rings. The fourth-order valence-corrected chi connectivity index (χ4v) is 4.12. The van der Waals surface area contributed by atoms with Gasteiger partial charge >= 0.3 is 5.97 Å². The van der Waals surface area contributed by atoms with E-state index in [0.717, 1.165) is 0 Å². The van der Waals surface area contributed by atoms with Crippen molar-refractivity contribution in [2.24, 2.45) is 5.41 Å². The minimum atomic E-state index is -3.57. The van der Waals surface area contributed by atoms with Crippen LogP contribution in [0.15, 0.2) is 22.8 Å². The highest BCUT2D eigenvalue weighted by atomic mass is 32.2. The minimum absolute atomic E-state index is 0.0337. The van der Waals surface area contributed by atoms with E-state index in [1.807, 2.05) is 0 Å². The molecule has 7 heteroatoms. The molecule has 0 aliphatic heterocycles. The van der Waals surface area contributed by atoms with Crippen molar-refractivity contribution in [1.82, 2.24) is 0 Å². The van der Waals surface area contributed by atoms with Crippen LogP contribution in [-0.2, 0) is 19.4 Å². The summed E-state index contributed by atoms with van der Waals surface area (Å²) in [6, 6.07) is 2.96. The van der Waals surface area contributed by atoms with Crippen LogP contribution in [-0.4, -0.2) is 38.8 Å².